The van der Waals surface area contributed by atoms with Gasteiger partial charge in [-0.2, -0.15) is 0 Å². The summed E-state index contributed by atoms with van der Waals surface area (Å²) >= 11 is 0. The summed E-state index contributed by atoms with van der Waals surface area (Å²) in [6.07, 6.45) is 2.43. The molecule has 0 aliphatic heterocycles. The Bertz CT molecular complexity index is 380. The molecule has 0 saturated carbocycles. The number of ether oxygens (including phenoxy) is 1. The maximum Gasteiger partial charge on any atom is 0.345 e. The SMILES string of the molecule is COC(=O)C1=C([N+](=O)[O-])CCC=C1C=O. The minimum absolute atomic E-state index is 0.0276. The van der Waals surface area contributed by atoms with Crippen molar-refractivity contribution in [2.75, 3.05) is 7.11 Å². The zero-order chi connectivity index (χ0) is 11.4. The molecule has 0 saturated heterocycles. The van der Waals surface area contributed by atoms with Gasteiger partial charge in [-0.05, 0) is 6.42 Å². The standard InChI is InChI=1S/C9H9NO5/c1-15-9(12)8-6(5-11)3-2-4-7(8)10(13)14/h3,5H,2,4H2,1H3. The quantitative estimate of drug-likeness (QED) is 0.295. The van der Waals surface area contributed by atoms with E-state index >= 15 is 0 Å². The van der Waals surface area contributed by atoms with Crippen LogP contribution in [0.1, 0.15) is 12.8 Å². The van der Waals surface area contributed by atoms with E-state index in [1.165, 1.54) is 6.08 Å². The van der Waals surface area contributed by atoms with Crippen LogP contribution in [0.2, 0.25) is 0 Å². The molecule has 0 aromatic carbocycles. The van der Waals surface area contributed by atoms with Gasteiger partial charge in [0.15, 0.2) is 6.29 Å². The molecule has 1 aliphatic rings. The Labute approximate surface area is 85.4 Å². The number of hydrogen-bond donors (Lipinski definition) is 0. The molecule has 0 aromatic rings. The number of rotatable bonds is 3. The minimum Gasteiger partial charge on any atom is -0.465 e. The molecule has 0 radical (unpaired) electrons. The van der Waals surface area contributed by atoms with Gasteiger partial charge >= 0.3 is 5.97 Å². The van der Waals surface area contributed by atoms with Gasteiger partial charge in [-0.1, -0.05) is 6.08 Å². The van der Waals surface area contributed by atoms with Crippen LogP contribution in [0.4, 0.5) is 0 Å². The third kappa shape index (κ3) is 2.09. The zero-order valence-corrected chi connectivity index (χ0v) is 8.06. The van der Waals surface area contributed by atoms with Crippen molar-refractivity contribution in [2.45, 2.75) is 12.8 Å². The van der Waals surface area contributed by atoms with Crippen molar-refractivity contribution in [3.05, 3.63) is 33.0 Å². The van der Waals surface area contributed by atoms with Crippen LogP contribution in [-0.2, 0) is 14.3 Å². The highest BCUT2D eigenvalue weighted by molar-refractivity contribution is 6.02. The fourth-order valence-corrected chi connectivity index (χ4v) is 1.39. The second-order valence-electron chi connectivity index (χ2n) is 2.89. The van der Waals surface area contributed by atoms with E-state index in [4.69, 9.17) is 0 Å². The second-order valence-corrected chi connectivity index (χ2v) is 2.89. The zero-order valence-electron chi connectivity index (χ0n) is 8.06. The summed E-state index contributed by atoms with van der Waals surface area (Å²) in [5.74, 6) is -0.847. The molecule has 80 valence electrons. The lowest BCUT2D eigenvalue weighted by Crippen LogP contribution is -2.17. The highest BCUT2D eigenvalue weighted by Gasteiger charge is 2.30. The Morgan fingerprint density at radius 3 is 2.80 bits per heavy atom. The molecular formula is C9H9NO5. The Balaban J connectivity index is 3.27. The fraction of sp³-hybridized carbons (Fsp3) is 0.333. The third-order valence-corrected chi connectivity index (χ3v) is 2.06. The first-order valence-corrected chi connectivity index (χ1v) is 4.23. The smallest absolute Gasteiger partial charge is 0.345 e. The second kappa shape index (κ2) is 4.50. The molecule has 0 fully saturated rings. The van der Waals surface area contributed by atoms with E-state index in [2.05, 4.69) is 4.74 Å². The Kier molecular flexibility index (Phi) is 3.33. The van der Waals surface area contributed by atoms with E-state index in [1.54, 1.807) is 0 Å². The first-order valence-electron chi connectivity index (χ1n) is 4.23. The molecule has 0 N–H and O–H groups in total. The van der Waals surface area contributed by atoms with Crippen molar-refractivity contribution < 1.29 is 19.2 Å². The number of allylic oxidation sites excluding steroid dienone is 2. The van der Waals surface area contributed by atoms with Crippen LogP contribution in [0.5, 0.6) is 0 Å². The summed E-state index contributed by atoms with van der Waals surface area (Å²) < 4.78 is 4.40. The minimum atomic E-state index is -0.847. The van der Waals surface area contributed by atoms with Crippen LogP contribution < -0.4 is 0 Å². The summed E-state index contributed by atoms with van der Waals surface area (Å²) in [5, 5.41) is 10.6. The van der Waals surface area contributed by atoms with E-state index in [9.17, 15) is 19.7 Å². The van der Waals surface area contributed by atoms with Gasteiger partial charge < -0.3 is 4.74 Å². The van der Waals surface area contributed by atoms with Gasteiger partial charge in [0.05, 0.1) is 12.0 Å². The third-order valence-electron chi connectivity index (χ3n) is 2.06. The summed E-state index contributed by atoms with van der Waals surface area (Å²) in [6.45, 7) is 0. The van der Waals surface area contributed by atoms with E-state index < -0.39 is 10.9 Å². The molecule has 0 spiro atoms. The Hall–Kier alpha value is -1.98. The lowest BCUT2D eigenvalue weighted by molar-refractivity contribution is -0.428. The first kappa shape index (κ1) is 11.1. The molecule has 1 aliphatic carbocycles. The van der Waals surface area contributed by atoms with Gasteiger partial charge in [0.1, 0.15) is 5.57 Å². The predicted octanol–water partition coefficient (Wildman–Crippen LogP) is 0.609. The lowest BCUT2D eigenvalue weighted by Gasteiger charge is -2.10. The Morgan fingerprint density at radius 1 is 1.67 bits per heavy atom. The molecule has 0 bridgehead atoms. The maximum absolute atomic E-state index is 11.3. The monoisotopic (exact) mass is 211 g/mol. The van der Waals surface area contributed by atoms with Crippen LogP contribution in [0.25, 0.3) is 0 Å². The van der Waals surface area contributed by atoms with Gasteiger partial charge in [-0.3, -0.25) is 14.9 Å². The molecule has 0 atom stereocenters. The largest absolute Gasteiger partial charge is 0.465 e. The number of hydrogen-bond acceptors (Lipinski definition) is 5. The number of aldehydes is 1. The van der Waals surface area contributed by atoms with Gasteiger partial charge in [0.2, 0.25) is 0 Å². The topological polar surface area (TPSA) is 86.5 Å². The predicted molar refractivity (Wildman–Crippen MR) is 49.4 cm³/mol. The number of methoxy groups -OCH3 is 1. The summed E-state index contributed by atoms with van der Waals surface area (Å²) in [4.78, 5) is 31.9. The molecule has 0 aromatic heterocycles. The number of carbonyl (C=O) groups excluding carboxylic acids is 2. The Morgan fingerprint density at radius 2 is 2.33 bits per heavy atom. The van der Waals surface area contributed by atoms with Crippen LogP contribution in [0, 0.1) is 10.1 Å². The van der Waals surface area contributed by atoms with Crippen molar-refractivity contribution in [3.8, 4) is 0 Å². The molecule has 0 unspecified atom stereocenters. The van der Waals surface area contributed by atoms with Crippen molar-refractivity contribution in [1.29, 1.82) is 0 Å². The number of nitro groups is 1. The first-order chi connectivity index (χ1) is 7.11. The number of carbonyl (C=O) groups is 2. The van der Waals surface area contributed by atoms with Crippen LogP contribution in [-0.4, -0.2) is 24.3 Å². The summed E-state index contributed by atoms with van der Waals surface area (Å²) in [7, 11) is 1.12. The van der Waals surface area contributed by atoms with Crippen molar-refractivity contribution in [1.82, 2.24) is 0 Å². The van der Waals surface area contributed by atoms with E-state index in [0.29, 0.717) is 12.7 Å². The number of esters is 1. The summed E-state index contributed by atoms with van der Waals surface area (Å²) in [5.41, 5.74) is -0.463. The van der Waals surface area contributed by atoms with Crippen molar-refractivity contribution in [2.24, 2.45) is 0 Å². The van der Waals surface area contributed by atoms with Crippen molar-refractivity contribution in [3.63, 3.8) is 0 Å². The molecule has 6 nitrogen and oxygen atoms in total. The lowest BCUT2D eigenvalue weighted by atomic mass is 9.96. The molecule has 15 heavy (non-hydrogen) atoms. The van der Waals surface area contributed by atoms with Crippen molar-refractivity contribution >= 4 is 12.3 Å². The molecule has 0 amide bonds. The highest BCUT2D eigenvalue weighted by Crippen LogP contribution is 2.25. The van der Waals surface area contributed by atoms with Gasteiger partial charge in [0, 0.05) is 12.0 Å². The molecule has 6 heteroatoms. The van der Waals surface area contributed by atoms with Crippen LogP contribution in [0.15, 0.2) is 22.9 Å². The average Bonchev–Trinajstić information content (AvgIpc) is 2.26. The average molecular weight is 211 g/mol. The van der Waals surface area contributed by atoms with E-state index in [-0.39, 0.29) is 23.3 Å². The van der Waals surface area contributed by atoms with Gasteiger partial charge in [-0.15, -0.1) is 0 Å². The number of nitrogens with zero attached hydrogens (tertiary/aromatic N) is 1. The summed E-state index contributed by atoms with van der Waals surface area (Å²) in [6, 6.07) is 0. The normalized spacial score (nSPS) is 15.7. The van der Waals surface area contributed by atoms with Gasteiger partial charge in [0.25, 0.3) is 5.70 Å². The van der Waals surface area contributed by atoms with Crippen LogP contribution in [0.3, 0.4) is 0 Å². The van der Waals surface area contributed by atoms with Crippen LogP contribution >= 0.6 is 0 Å². The molecule has 0 heterocycles. The molecular weight excluding hydrogens is 202 g/mol. The fourth-order valence-electron chi connectivity index (χ4n) is 1.39. The highest BCUT2D eigenvalue weighted by atomic mass is 16.6. The van der Waals surface area contributed by atoms with E-state index in [1.807, 2.05) is 0 Å². The molecule has 1 rings (SSSR count). The van der Waals surface area contributed by atoms with E-state index in [0.717, 1.165) is 7.11 Å². The van der Waals surface area contributed by atoms with Gasteiger partial charge in [-0.25, -0.2) is 4.79 Å². The maximum atomic E-state index is 11.3.